The van der Waals surface area contributed by atoms with Crippen LogP contribution in [0, 0.1) is 0 Å². The molecule has 0 aliphatic rings. The molecule has 1 amide bonds. The highest BCUT2D eigenvalue weighted by Gasteiger charge is 2.15. The van der Waals surface area contributed by atoms with Crippen molar-refractivity contribution in [2.24, 2.45) is 0 Å². The molecule has 2 aromatic rings. The third-order valence-corrected chi connectivity index (χ3v) is 3.75. The van der Waals surface area contributed by atoms with Gasteiger partial charge in [-0.3, -0.25) is 4.79 Å². The predicted molar refractivity (Wildman–Crippen MR) is 84.2 cm³/mol. The molecule has 20 heavy (non-hydrogen) atoms. The number of hydrogen-bond acceptors (Lipinski definition) is 2. The molecule has 0 atom stereocenters. The average molecular weight is 374 g/mol. The van der Waals surface area contributed by atoms with E-state index < -0.39 is 0 Å². The molecule has 104 valence electrons. The lowest BCUT2D eigenvalue weighted by atomic mass is 10.2. The SMILES string of the molecule is CN(Cc1cc(Cl)cc(Cl)c1)C(=O)c1cccnc1Br. The Morgan fingerprint density at radius 1 is 1.30 bits per heavy atom. The highest BCUT2D eigenvalue weighted by molar-refractivity contribution is 9.10. The van der Waals surface area contributed by atoms with Crippen molar-refractivity contribution < 1.29 is 4.79 Å². The van der Waals surface area contributed by atoms with Gasteiger partial charge >= 0.3 is 0 Å². The van der Waals surface area contributed by atoms with E-state index in [1.165, 1.54) is 0 Å². The van der Waals surface area contributed by atoms with Gasteiger partial charge in [0, 0.05) is 29.8 Å². The van der Waals surface area contributed by atoms with Crippen molar-refractivity contribution in [1.82, 2.24) is 9.88 Å². The van der Waals surface area contributed by atoms with Crippen LogP contribution in [0.2, 0.25) is 10.0 Å². The van der Waals surface area contributed by atoms with Gasteiger partial charge in [0.2, 0.25) is 0 Å². The first kappa shape index (κ1) is 15.3. The summed E-state index contributed by atoms with van der Waals surface area (Å²) >= 11 is 15.2. The zero-order valence-corrected chi connectivity index (χ0v) is 13.7. The van der Waals surface area contributed by atoms with Crippen LogP contribution < -0.4 is 0 Å². The third kappa shape index (κ3) is 3.72. The number of carbonyl (C=O) groups is 1. The standard InChI is InChI=1S/C14H11BrCl2N2O/c1-19(8-9-5-10(16)7-11(17)6-9)14(20)12-3-2-4-18-13(12)15/h2-7H,8H2,1H3. The summed E-state index contributed by atoms with van der Waals surface area (Å²) in [4.78, 5) is 18.0. The molecule has 0 unspecified atom stereocenters. The smallest absolute Gasteiger partial charge is 0.256 e. The number of pyridine rings is 1. The van der Waals surface area contributed by atoms with Crippen molar-refractivity contribution >= 4 is 45.0 Å². The molecular formula is C14H11BrCl2N2O. The molecule has 0 spiro atoms. The van der Waals surface area contributed by atoms with Crippen molar-refractivity contribution in [3.8, 4) is 0 Å². The van der Waals surface area contributed by atoms with Gasteiger partial charge in [0.25, 0.3) is 5.91 Å². The quantitative estimate of drug-likeness (QED) is 0.746. The molecule has 1 heterocycles. The molecule has 0 aliphatic carbocycles. The fourth-order valence-corrected chi connectivity index (χ4v) is 2.79. The Bertz CT molecular complexity index is 629. The van der Waals surface area contributed by atoms with Crippen LogP contribution >= 0.6 is 39.1 Å². The van der Waals surface area contributed by atoms with Gasteiger partial charge in [-0.15, -0.1) is 0 Å². The second kappa shape index (κ2) is 6.57. The lowest BCUT2D eigenvalue weighted by Gasteiger charge is -2.18. The van der Waals surface area contributed by atoms with Gasteiger partial charge in [-0.05, 0) is 51.8 Å². The van der Waals surface area contributed by atoms with Crippen LogP contribution in [0.1, 0.15) is 15.9 Å². The van der Waals surface area contributed by atoms with Gasteiger partial charge in [0.05, 0.1) is 5.56 Å². The van der Waals surface area contributed by atoms with Gasteiger partial charge in [-0.1, -0.05) is 23.2 Å². The molecule has 0 N–H and O–H groups in total. The lowest BCUT2D eigenvalue weighted by Crippen LogP contribution is -2.26. The van der Waals surface area contributed by atoms with Gasteiger partial charge in [0.15, 0.2) is 0 Å². The summed E-state index contributed by atoms with van der Waals surface area (Å²) in [6, 6.07) is 8.68. The second-order valence-corrected chi connectivity index (χ2v) is 5.90. The number of aromatic nitrogens is 1. The molecule has 0 saturated carbocycles. The van der Waals surface area contributed by atoms with Gasteiger partial charge in [-0.2, -0.15) is 0 Å². The summed E-state index contributed by atoms with van der Waals surface area (Å²) in [5.41, 5.74) is 1.39. The maximum Gasteiger partial charge on any atom is 0.256 e. The minimum atomic E-state index is -0.124. The van der Waals surface area contributed by atoms with Crippen molar-refractivity contribution in [2.75, 3.05) is 7.05 Å². The number of carbonyl (C=O) groups excluding carboxylic acids is 1. The lowest BCUT2D eigenvalue weighted by molar-refractivity contribution is 0.0783. The van der Waals surface area contributed by atoms with Crippen molar-refractivity contribution in [1.29, 1.82) is 0 Å². The molecule has 2 rings (SSSR count). The molecule has 6 heteroatoms. The average Bonchev–Trinajstić information content (AvgIpc) is 2.37. The molecule has 0 fully saturated rings. The van der Waals surface area contributed by atoms with Crippen molar-refractivity contribution in [3.05, 3.63) is 62.3 Å². The monoisotopic (exact) mass is 372 g/mol. The minimum Gasteiger partial charge on any atom is -0.337 e. The first-order chi connectivity index (χ1) is 9.47. The highest BCUT2D eigenvalue weighted by atomic mass is 79.9. The second-order valence-electron chi connectivity index (χ2n) is 4.28. The Morgan fingerprint density at radius 2 is 1.95 bits per heavy atom. The van der Waals surface area contributed by atoms with Crippen LogP contribution in [-0.2, 0) is 6.54 Å². The fraction of sp³-hybridized carbons (Fsp3) is 0.143. The highest BCUT2D eigenvalue weighted by Crippen LogP contribution is 2.21. The Balaban J connectivity index is 2.18. The molecular weight excluding hydrogens is 363 g/mol. The first-order valence-electron chi connectivity index (χ1n) is 5.78. The summed E-state index contributed by atoms with van der Waals surface area (Å²) in [5, 5.41) is 1.10. The molecule has 1 aromatic carbocycles. The van der Waals surface area contributed by atoms with Crippen molar-refractivity contribution in [2.45, 2.75) is 6.54 Å². The van der Waals surface area contributed by atoms with E-state index in [2.05, 4.69) is 20.9 Å². The number of hydrogen-bond donors (Lipinski definition) is 0. The molecule has 0 saturated heterocycles. The van der Waals surface area contributed by atoms with E-state index in [9.17, 15) is 4.79 Å². The van der Waals surface area contributed by atoms with E-state index in [4.69, 9.17) is 23.2 Å². The van der Waals surface area contributed by atoms with E-state index in [0.29, 0.717) is 26.8 Å². The number of nitrogens with zero attached hydrogens (tertiary/aromatic N) is 2. The topological polar surface area (TPSA) is 33.2 Å². The van der Waals surface area contributed by atoms with Crippen LogP contribution in [0.5, 0.6) is 0 Å². The summed E-state index contributed by atoms with van der Waals surface area (Å²) in [6.07, 6.45) is 1.62. The molecule has 3 nitrogen and oxygen atoms in total. The van der Waals surface area contributed by atoms with Crippen LogP contribution in [0.3, 0.4) is 0 Å². The Kier molecular flexibility index (Phi) is 5.02. The Hall–Kier alpha value is -1.10. The number of halogens is 3. The summed E-state index contributed by atoms with van der Waals surface area (Å²) in [6.45, 7) is 0.417. The van der Waals surface area contributed by atoms with E-state index in [0.717, 1.165) is 5.56 Å². The number of amides is 1. The molecule has 1 aromatic heterocycles. The largest absolute Gasteiger partial charge is 0.337 e. The van der Waals surface area contributed by atoms with E-state index in [1.54, 1.807) is 48.5 Å². The zero-order chi connectivity index (χ0) is 14.7. The first-order valence-corrected chi connectivity index (χ1v) is 7.33. The Labute approximate surface area is 135 Å². The van der Waals surface area contributed by atoms with Gasteiger partial charge in [-0.25, -0.2) is 4.98 Å². The normalized spacial score (nSPS) is 10.4. The van der Waals surface area contributed by atoms with Gasteiger partial charge in [0.1, 0.15) is 4.60 Å². The molecule has 0 aliphatic heterocycles. The fourth-order valence-electron chi connectivity index (χ4n) is 1.80. The minimum absolute atomic E-state index is 0.124. The summed E-state index contributed by atoms with van der Waals surface area (Å²) in [5.74, 6) is -0.124. The maximum atomic E-state index is 12.3. The molecule has 0 radical (unpaired) electrons. The number of rotatable bonds is 3. The van der Waals surface area contributed by atoms with Crippen LogP contribution in [0.4, 0.5) is 0 Å². The van der Waals surface area contributed by atoms with E-state index in [1.807, 2.05) is 0 Å². The predicted octanol–water partition coefficient (Wildman–Crippen LogP) is 4.42. The van der Waals surface area contributed by atoms with Crippen LogP contribution in [0.15, 0.2) is 41.1 Å². The third-order valence-electron chi connectivity index (χ3n) is 2.68. The summed E-state index contributed by atoms with van der Waals surface area (Å²) < 4.78 is 0.529. The number of benzene rings is 1. The summed E-state index contributed by atoms with van der Waals surface area (Å²) in [7, 11) is 1.72. The van der Waals surface area contributed by atoms with E-state index in [-0.39, 0.29) is 5.91 Å². The maximum absolute atomic E-state index is 12.3. The van der Waals surface area contributed by atoms with Crippen LogP contribution in [-0.4, -0.2) is 22.8 Å². The van der Waals surface area contributed by atoms with E-state index >= 15 is 0 Å². The Morgan fingerprint density at radius 3 is 2.55 bits per heavy atom. The van der Waals surface area contributed by atoms with Gasteiger partial charge < -0.3 is 4.90 Å². The molecule has 0 bridgehead atoms. The zero-order valence-electron chi connectivity index (χ0n) is 10.6. The van der Waals surface area contributed by atoms with Crippen LogP contribution in [0.25, 0.3) is 0 Å². The van der Waals surface area contributed by atoms with Crippen molar-refractivity contribution in [3.63, 3.8) is 0 Å².